The molecule has 0 aliphatic carbocycles. The Balaban J connectivity index is 2.20. The molecule has 3 atom stereocenters. The molecule has 0 aliphatic heterocycles. The standard InChI is InChI=1S/C17H21NO/c1-13(14-8-4-2-5-9-14)16(12-18)17(19)15-10-6-3-7-11-15/h2-11,13,16-17,19H,12,18H2,1H3/t13-,16+,17+/m1/s1. The molecule has 19 heavy (non-hydrogen) atoms. The van der Waals surface area contributed by atoms with Crippen molar-refractivity contribution in [3.8, 4) is 0 Å². The van der Waals surface area contributed by atoms with Crippen LogP contribution in [0.15, 0.2) is 60.7 Å². The second-order valence-electron chi connectivity index (χ2n) is 4.95. The molecule has 2 heteroatoms. The van der Waals surface area contributed by atoms with Crippen LogP contribution in [0, 0.1) is 5.92 Å². The molecule has 0 radical (unpaired) electrons. The van der Waals surface area contributed by atoms with Gasteiger partial charge in [0.15, 0.2) is 0 Å². The average Bonchev–Trinajstić information content (AvgIpc) is 2.49. The predicted molar refractivity (Wildman–Crippen MR) is 78.8 cm³/mol. The Morgan fingerprint density at radius 2 is 1.37 bits per heavy atom. The lowest BCUT2D eigenvalue weighted by molar-refractivity contribution is 0.0992. The van der Waals surface area contributed by atoms with Gasteiger partial charge in [-0.15, -0.1) is 0 Å². The third-order valence-corrected chi connectivity index (χ3v) is 3.79. The highest BCUT2D eigenvalue weighted by Crippen LogP contribution is 2.33. The molecule has 2 rings (SSSR count). The molecule has 0 fully saturated rings. The van der Waals surface area contributed by atoms with Gasteiger partial charge in [0.1, 0.15) is 0 Å². The number of hydrogen-bond acceptors (Lipinski definition) is 2. The molecule has 0 spiro atoms. The summed E-state index contributed by atoms with van der Waals surface area (Å²) in [4.78, 5) is 0. The number of rotatable bonds is 5. The van der Waals surface area contributed by atoms with E-state index in [1.165, 1.54) is 5.56 Å². The fraction of sp³-hybridized carbons (Fsp3) is 0.294. The van der Waals surface area contributed by atoms with E-state index < -0.39 is 6.10 Å². The number of hydrogen-bond donors (Lipinski definition) is 2. The van der Waals surface area contributed by atoms with E-state index in [0.29, 0.717) is 6.54 Å². The second kappa shape index (κ2) is 6.50. The monoisotopic (exact) mass is 255 g/mol. The highest BCUT2D eigenvalue weighted by Gasteiger charge is 2.26. The highest BCUT2D eigenvalue weighted by molar-refractivity contribution is 5.23. The smallest absolute Gasteiger partial charge is 0.0836 e. The predicted octanol–water partition coefficient (Wildman–Crippen LogP) is 3.10. The van der Waals surface area contributed by atoms with Crippen molar-refractivity contribution in [2.24, 2.45) is 11.7 Å². The SMILES string of the molecule is C[C@H](c1ccccc1)[C@H](CN)[C@@H](O)c1ccccc1. The molecule has 0 aliphatic rings. The van der Waals surface area contributed by atoms with Crippen molar-refractivity contribution in [1.29, 1.82) is 0 Å². The average molecular weight is 255 g/mol. The molecule has 3 N–H and O–H groups in total. The Kier molecular flexibility index (Phi) is 4.72. The lowest BCUT2D eigenvalue weighted by atomic mass is 9.81. The van der Waals surface area contributed by atoms with Gasteiger partial charge in [0.05, 0.1) is 6.10 Å². The van der Waals surface area contributed by atoms with Crippen LogP contribution in [0.25, 0.3) is 0 Å². The fourth-order valence-corrected chi connectivity index (χ4v) is 2.51. The zero-order valence-corrected chi connectivity index (χ0v) is 11.2. The molecule has 0 saturated heterocycles. The van der Waals surface area contributed by atoms with Crippen LogP contribution >= 0.6 is 0 Å². The summed E-state index contributed by atoms with van der Waals surface area (Å²) in [5.74, 6) is 0.242. The largest absolute Gasteiger partial charge is 0.388 e. The first-order valence-electron chi connectivity index (χ1n) is 6.72. The Bertz CT molecular complexity index is 438. The molecule has 2 aromatic carbocycles. The summed E-state index contributed by atoms with van der Waals surface area (Å²) in [6.07, 6.45) is -0.526. The van der Waals surface area contributed by atoms with Crippen LogP contribution < -0.4 is 5.73 Å². The maximum absolute atomic E-state index is 10.5. The summed E-state index contributed by atoms with van der Waals surface area (Å²) in [7, 11) is 0. The van der Waals surface area contributed by atoms with Crippen molar-refractivity contribution in [1.82, 2.24) is 0 Å². The van der Waals surface area contributed by atoms with Gasteiger partial charge in [0.2, 0.25) is 0 Å². The van der Waals surface area contributed by atoms with Gasteiger partial charge >= 0.3 is 0 Å². The first kappa shape index (κ1) is 13.8. The molecule has 0 amide bonds. The molecular formula is C17H21NO. The highest BCUT2D eigenvalue weighted by atomic mass is 16.3. The Hall–Kier alpha value is -1.64. The zero-order valence-electron chi connectivity index (χ0n) is 11.2. The summed E-state index contributed by atoms with van der Waals surface area (Å²) in [5, 5.41) is 10.5. The van der Waals surface area contributed by atoms with E-state index in [9.17, 15) is 5.11 Å². The van der Waals surface area contributed by atoms with Crippen molar-refractivity contribution in [3.05, 3.63) is 71.8 Å². The summed E-state index contributed by atoms with van der Waals surface area (Å²) in [6, 6.07) is 20.0. The van der Waals surface area contributed by atoms with Gasteiger partial charge in [-0.3, -0.25) is 0 Å². The topological polar surface area (TPSA) is 46.2 Å². The van der Waals surface area contributed by atoms with E-state index in [2.05, 4.69) is 19.1 Å². The first-order chi connectivity index (χ1) is 9.24. The van der Waals surface area contributed by atoms with Crippen LogP contribution in [0.5, 0.6) is 0 Å². The van der Waals surface area contributed by atoms with E-state index >= 15 is 0 Å². The van der Waals surface area contributed by atoms with E-state index in [1.807, 2.05) is 48.5 Å². The van der Waals surface area contributed by atoms with Crippen molar-refractivity contribution in [2.75, 3.05) is 6.54 Å². The van der Waals surface area contributed by atoms with Gasteiger partial charge < -0.3 is 10.8 Å². The molecule has 0 unspecified atom stereocenters. The molecule has 0 heterocycles. The van der Waals surface area contributed by atoms with Crippen molar-refractivity contribution >= 4 is 0 Å². The van der Waals surface area contributed by atoms with Crippen molar-refractivity contribution < 1.29 is 5.11 Å². The lowest BCUT2D eigenvalue weighted by Crippen LogP contribution is -2.27. The molecular weight excluding hydrogens is 234 g/mol. The number of nitrogens with two attached hydrogens (primary N) is 1. The normalized spacial score (nSPS) is 15.7. The Labute approximate surface area is 114 Å². The molecule has 0 bridgehead atoms. The molecule has 0 saturated carbocycles. The summed E-state index contributed by atoms with van der Waals surface area (Å²) >= 11 is 0. The fourth-order valence-electron chi connectivity index (χ4n) is 2.51. The number of benzene rings is 2. The van der Waals surface area contributed by atoms with E-state index in [4.69, 9.17) is 5.73 Å². The van der Waals surface area contributed by atoms with Gasteiger partial charge in [0, 0.05) is 5.92 Å². The number of aliphatic hydroxyl groups excluding tert-OH is 1. The van der Waals surface area contributed by atoms with Crippen molar-refractivity contribution in [2.45, 2.75) is 18.9 Å². The van der Waals surface area contributed by atoms with Crippen molar-refractivity contribution in [3.63, 3.8) is 0 Å². The van der Waals surface area contributed by atoms with Gasteiger partial charge in [-0.1, -0.05) is 67.6 Å². The van der Waals surface area contributed by atoms with Crippen LogP contribution in [0.3, 0.4) is 0 Å². The Morgan fingerprint density at radius 1 is 0.895 bits per heavy atom. The van der Waals surface area contributed by atoms with Crippen LogP contribution in [0.1, 0.15) is 30.1 Å². The van der Waals surface area contributed by atoms with Gasteiger partial charge in [-0.2, -0.15) is 0 Å². The van der Waals surface area contributed by atoms with E-state index in [-0.39, 0.29) is 11.8 Å². The van der Waals surface area contributed by atoms with E-state index in [0.717, 1.165) is 5.56 Å². The second-order valence-corrected chi connectivity index (χ2v) is 4.95. The molecule has 2 aromatic rings. The maximum atomic E-state index is 10.5. The minimum atomic E-state index is -0.526. The van der Waals surface area contributed by atoms with Crippen LogP contribution in [0.4, 0.5) is 0 Å². The van der Waals surface area contributed by atoms with Gasteiger partial charge in [-0.05, 0) is 23.6 Å². The van der Waals surface area contributed by atoms with E-state index in [1.54, 1.807) is 0 Å². The van der Waals surface area contributed by atoms with Crippen LogP contribution in [-0.2, 0) is 0 Å². The molecule has 0 aromatic heterocycles. The summed E-state index contributed by atoms with van der Waals surface area (Å²) in [5.41, 5.74) is 8.04. The lowest BCUT2D eigenvalue weighted by Gasteiger charge is -2.28. The summed E-state index contributed by atoms with van der Waals surface area (Å²) in [6.45, 7) is 2.59. The Morgan fingerprint density at radius 3 is 1.84 bits per heavy atom. The zero-order chi connectivity index (χ0) is 13.7. The molecule has 2 nitrogen and oxygen atoms in total. The minimum Gasteiger partial charge on any atom is -0.388 e. The minimum absolute atomic E-state index is 0.0183. The van der Waals surface area contributed by atoms with Crippen LogP contribution in [0.2, 0.25) is 0 Å². The van der Waals surface area contributed by atoms with Gasteiger partial charge in [-0.25, -0.2) is 0 Å². The first-order valence-corrected chi connectivity index (χ1v) is 6.72. The summed E-state index contributed by atoms with van der Waals surface area (Å²) < 4.78 is 0. The third kappa shape index (κ3) is 3.22. The third-order valence-electron chi connectivity index (χ3n) is 3.79. The van der Waals surface area contributed by atoms with Gasteiger partial charge in [0.25, 0.3) is 0 Å². The van der Waals surface area contributed by atoms with Crippen LogP contribution in [-0.4, -0.2) is 11.7 Å². The quantitative estimate of drug-likeness (QED) is 0.862. The molecule has 100 valence electrons. The maximum Gasteiger partial charge on any atom is 0.0836 e. The number of aliphatic hydroxyl groups is 1.